The monoisotopic (exact) mass is 287 g/mol. The molecule has 20 heavy (non-hydrogen) atoms. The highest BCUT2D eigenvalue weighted by Gasteiger charge is 2.47. The summed E-state index contributed by atoms with van der Waals surface area (Å²) in [6.07, 6.45) is 0.994. The Balaban J connectivity index is 2.09. The molecule has 2 N–H and O–H groups in total. The van der Waals surface area contributed by atoms with Gasteiger partial charge in [-0.3, -0.25) is 0 Å². The molecule has 0 amide bonds. The van der Waals surface area contributed by atoms with Gasteiger partial charge in [0.15, 0.2) is 9.84 Å². The highest BCUT2D eigenvalue weighted by Crippen LogP contribution is 2.38. The molecule has 104 valence electrons. The van der Waals surface area contributed by atoms with Crippen LogP contribution in [-0.4, -0.2) is 19.7 Å². The van der Waals surface area contributed by atoms with Crippen LogP contribution in [0, 0.1) is 0 Å². The number of rotatable bonds is 3. The van der Waals surface area contributed by atoms with Crippen molar-refractivity contribution in [3.8, 4) is 0 Å². The average molecular weight is 287 g/mol. The van der Waals surface area contributed by atoms with Crippen LogP contribution in [0.15, 0.2) is 59.5 Å². The Morgan fingerprint density at radius 3 is 1.90 bits per heavy atom. The van der Waals surface area contributed by atoms with Crippen LogP contribution < -0.4 is 5.73 Å². The quantitative estimate of drug-likeness (QED) is 0.938. The van der Waals surface area contributed by atoms with Gasteiger partial charge >= 0.3 is 0 Å². The molecule has 0 radical (unpaired) electrons. The molecule has 3 rings (SSSR count). The highest BCUT2D eigenvalue weighted by atomic mass is 32.2. The summed E-state index contributed by atoms with van der Waals surface area (Å²) in [5.41, 5.74) is 8.08. The topological polar surface area (TPSA) is 60.2 Å². The summed E-state index contributed by atoms with van der Waals surface area (Å²) in [6.45, 7) is 0.138. The maximum Gasteiger partial charge on any atom is 0.185 e. The van der Waals surface area contributed by atoms with Crippen molar-refractivity contribution in [2.75, 3.05) is 6.54 Å². The van der Waals surface area contributed by atoms with Crippen LogP contribution in [0.4, 0.5) is 0 Å². The largest absolute Gasteiger partial charge is 0.329 e. The molecule has 0 heterocycles. The van der Waals surface area contributed by atoms with Crippen molar-refractivity contribution in [1.29, 1.82) is 0 Å². The van der Waals surface area contributed by atoms with Crippen LogP contribution in [-0.2, 0) is 22.7 Å². The van der Waals surface area contributed by atoms with Crippen LogP contribution in [0.2, 0.25) is 0 Å². The smallest absolute Gasteiger partial charge is 0.185 e. The zero-order valence-corrected chi connectivity index (χ0v) is 11.9. The van der Waals surface area contributed by atoms with Gasteiger partial charge in [0.25, 0.3) is 0 Å². The number of hydrogen-bond donors (Lipinski definition) is 1. The van der Waals surface area contributed by atoms with E-state index in [1.54, 1.807) is 24.3 Å². The third-order valence-corrected chi connectivity index (χ3v) is 6.63. The molecule has 0 aromatic heterocycles. The molecule has 0 spiro atoms. The maximum atomic E-state index is 13.0. The lowest BCUT2D eigenvalue weighted by atomic mass is 10.1. The minimum absolute atomic E-state index is 0.138. The van der Waals surface area contributed by atoms with E-state index >= 15 is 0 Å². The molecule has 0 unspecified atom stereocenters. The van der Waals surface area contributed by atoms with Gasteiger partial charge in [-0.25, -0.2) is 8.42 Å². The van der Waals surface area contributed by atoms with Gasteiger partial charge < -0.3 is 5.73 Å². The fraction of sp³-hybridized carbons (Fsp3) is 0.250. The minimum Gasteiger partial charge on any atom is -0.329 e. The predicted octanol–water partition coefficient (Wildman–Crippen LogP) is 1.96. The minimum atomic E-state index is -3.44. The molecule has 4 heteroatoms. The summed E-state index contributed by atoms with van der Waals surface area (Å²) in [5, 5.41) is 0. The van der Waals surface area contributed by atoms with Crippen LogP contribution in [0.5, 0.6) is 0 Å². The Morgan fingerprint density at radius 1 is 0.900 bits per heavy atom. The average Bonchev–Trinajstić information content (AvgIpc) is 2.88. The molecule has 3 nitrogen and oxygen atoms in total. The van der Waals surface area contributed by atoms with Crippen molar-refractivity contribution in [1.82, 2.24) is 0 Å². The number of sulfone groups is 1. The molecule has 0 atom stereocenters. The van der Waals surface area contributed by atoms with Crippen molar-refractivity contribution in [2.24, 2.45) is 5.73 Å². The Kier molecular flexibility index (Phi) is 3.15. The Labute approximate surface area is 119 Å². The van der Waals surface area contributed by atoms with Crippen LogP contribution in [0.3, 0.4) is 0 Å². The van der Waals surface area contributed by atoms with Crippen molar-refractivity contribution >= 4 is 9.84 Å². The van der Waals surface area contributed by atoms with Gasteiger partial charge in [-0.2, -0.15) is 0 Å². The van der Waals surface area contributed by atoms with Crippen molar-refractivity contribution in [3.63, 3.8) is 0 Å². The molecular formula is C16H17NO2S. The number of fused-ring (bicyclic) bond motifs is 1. The molecule has 1 aliphatic rings. The summed E-state index contributed by atoms with van der Waals surface area (Å²) in [5.74, 6) is 0. The van der Waals surface area contributed by atoms with Crippen molar-refractivity contribution in [2.45, 2.75) is 22.5 Å². The Bertz CT molecular complexity index is 698. The van der Waals surface area contributed by atoms with E-state index in [1.165, 1.54) is 0 Å². The summed E-state index contributed by atoms with van der Waals surface area (Å²) >= 11 is 0. The maximum absolute atomic E-state index is 13.0. The summed E-state index contributed by atoms with van der Waals surface area (Å²) in [4.78, 5) is 0.359. The third-order valence-electron chi connectivity index (χ3n) is 4.14. The number of benzene rings is 2. The van der Waals surface area contributed by atoms with Gasteiger partial charge in [-0.05, 0) is 36.1 Å². The first-order valence-electron chi connectivity index (χ1n) is 6.66. The molecular weight excluding hydrogens is 270 g/mol. The Morgan fingerprint density at radius 2 is 1.40 bits per heavy atom. The van der Waals surface area contributed by atoms with E-state index in [2.05, 4.69) is 0 Å². The predicted molar refractivity (Wildman–Crippen MR) is 79.3 cm³/mol. The van der Waals surface area contributed by atoms with Gasteiger partial charge in [-0.15, -0.1) is 0 Å². The lowest BCUT2D eigenvalue weighted by Crippen LogP contribution is -2.46. The van der Waals surface area contributed by atoms with E-state index in [4.69, 9.17) is 5.73 Å². The fourth-order valence-electron chi connectivity index (χ4n) is 2.95. The second kappa shape index (κ2) is 4.72. The number of hydrogen-bond acceptors (Lipinski definition) is 3. The van der Waals surface area contributed by atoms with Crippen molar-refractivity contribution in [3.05, 3.63) is 65.7 Å². The van der Waals surface area contributed by atoms with E-state index in [9.17, 15) is 8.42 Å². The Hall–Kier alpha value is -1.65. The molecule has 2 aromatic carbocycles. The molecule has 1 aliphatic carbocycles. The molecule has 0 fully saturated rings. The van der Waals surface area contributed by atoms with Crippen LogP contribution in [0.25, 0.3) is 0 Å². The molecule has 2 aromatic rings. The molecule has 0 saturated carbocycles. The highest BCUT2D eigenvalue weighted by molar-refractivity contribution is 7.93. The normalized spacial score (nSPS) is 16.9. The van der Waals surface area contributed by atoms with E-state index in [1.807, 2.05) is 30.3 Å². The fourth-order valence-corrected chi connectivity index (χ4v) is 4.88. The van der Waals surface area contributed by atoms with Gasteiger partial charge in [0.2, 0.25) is 0 Å². The number of nitrogens with two attached hydrogens (primary N) is 1. The first kappa shape index (κ1) is 13.3. The summed E-state index contributed by atoms with van der Waals surface area (Å²) in [6, 6.07) is 16.5. The SMILES string of the molecule is NCC1(S(=O)(=O)c2ccccc2)Cc2ccccc2C1. The zero-order chi connectivity index (χ0) is 14.2. The second-order valence-corrected chi connectivity index (χ2v) is 7.67. The van der Waals surface area contributed by atoms with E-state index < -0.39 is 14.6 Å². The third kappa shape index (κ3) is 1.87. The first-order valence-corrected chi connectivity index (χ1v) is 8.14. The standard InChI is InChI=1S/C16H17NO2S/c17-12-16(10-13-6-4-5-7-14(13)11-16)20(18,19)15-8-2-1-3-9-15/h1-9H,10-12,17H2. The van der Waals surface area contributed by atoms with Crippen LogP contribution >= 0.6 is 0 Å². The van der Waals surface area contributed by atoms with E-state index in [-0.39, 0.29) is 6.54 Å². The molecule has 0 aliphatic heterocycles. The van der Waals surface area contributed by atoms with E-state index in [0.717, 1.165) is 11.1 Å². The van der Waals surface area contributed by atoms with Gasteiger partial charge in [0.1, 0.15) is 0 Å². The van der Waals surface area contributed by atoms with Gasteiger partial charge in [0, 0.05) is 6.54 Å². The van der Waals surface area contributed by atoms with Gasteiger partial charge in [0.05, 0.1) is 9.64 Å². The summed E-state index contributed by atoms with van der Waals surface area (Å²) < 4.78 is 25.0. The van der Waals surface area contributed by atoms with Crippen LogP contribution in [0.1, 0.15) is 11.1 Å². The van der Waals surface area contributed by atoms with Crippen molar-refractivity contribution < 1.29 is 8.42 Å². The summed E-state index contributed by atoms with van der Waals surface area (Å²) in [7, 11) is -3.44. The first-order chi connectivity index (χ1) is 9.59. The molecule has 0 saturated heterocycles. The van der Waals surface area contributed by atoms with Gasteiger partial charge in [-0.1, -0.05) is 42.5 Å². The lowest BCUT2D eigenvalue weighted by molar-refractivity contribution is 0.520. The lowest BCUT2D eigenvalue weighted by Gasteiger charge is -2.27. The molecule has 0 bridgehead atoms. The zero-order valence-electron chi connectivity index (χ0n) is 11.1. The second-order valence-electron chi connectivity index (χ2n) is 5.33. The van der Waals surface area contributed by atoms with E-state index in [0.29, 0.717) is 17.7 Å².